The van der Waals surface area contributed by atoms with Crippen molar-refractivity contribution in [3.63, 3.8) is 0 Å². The van der Waals surface area contributed by atoms with Crippen LogP contribution in [0.25, 0.3) is 33.4 Å². The molecule has 40 heavy (non-hydrogen) atoms. The van der Waals surface area contributed by atoms with Crippen LogP contribution in [0.15, 0.2) is 64.6 Å². The molecule has 2 amide bonds. The van der Waals surface area contributed by atoms with Gasteiger partial charge in [-0.15, -0.1) is 0 Å². The first-order chi connectivity index (χ1) is 19.3. The molecule has 0 radical (unpaired) electrons. The topological polar surface area (TPSA) is 71.3 Å². The van der Waals surface area contributed by atoms with Crippen molar-refractivity contribution in [2.24, 2.45) is 11.8 Å². The third-order valence-corrected chi connectivity index (χ3v) is 8.87. The predicted octanol–water partition coefficient (Wildman–Crippen LogP) is 6.72. The Morgan fingerprint density at radius 2 is 1.82 bits per heavy atom. The molecule has 1 aromatic heterocycles. The number of halogens is 2. The van der Waals surface area contributed by atoms with E-state index in [9.17, 15) is 14.0 Å². The third kappa shape index (κ3) is 3.43. The normalized spacial score (nSPS) is 21.7. The van der Waals surface area contributed by atoms with E-state index >= 15 is 4.39 Å². The summed E-state index contributed by atoms with van der Waals surface area (Å²) in [5.41, 5.74) is 5.77. The zero-order chi connectivity index (χ0) is 27.9. The van der Waals surface area contributed by atoms with Crippen LogP contribution < -0.4 is 10.6 Å². The highest BCUT2D eigenvalue weighted by Gasteiger charge is 2.78. The summed E-state index contributed by atoms with van der Waals surface area (Å²) in [5.74, 6) is -0.430. The summed E-state index contributed by atoms with van der Waals surface area (Å²) in [7, 11) is 1.54. The molecule has 3 aromatic carbocycles. The van der Waals surface area contributed by atoms with Crippen LogP contribution in [0.5, 0.6) is 0 Å². The van der Waals surface area contributed by atoms with Crippen LogP contribution in [-0.2, 0) is 6.42 Å². The van der Waals surface area contributed by atoms with Crippen molar-refractivity contribution in [3.8, 4) is 22.5 Å². The number of nitrogens with one attached hydrogen (secondary N) is 2. The molecule has 7 rings (SSSR count). The second-order valence-corrected chi connectivity index (χ2v) is 11.2. The maximum absolute atomic E-state index is 15.2. The van der Waals surface area contributed by atoms with Crippen LogP contribution in [0.3, 0.4) is 0 Å². The molecule has 4 aromatic rings. The van der Waals surface area contributed by atoms with Crippen LogP contribution in [0.4, 0.5) is 8.78 Å². The number of carbonyl (C=O) groups excluding carboxylic acids is 2. The van der Waals surface area contributed by atoms with Crippen LogP contribution in [0, 0.1) is 30.4 Å². The Morgan fingerprint density at radius 1 is 1.05 bits per heavy atom. The summed E-state index contributed by atoms with van der Waals surface area (Å²) in [6.07, 6.45) is 4.72. The molecule has 0 aliphatic heterocycles. The second kappa shape index (κ2) is 8.62. The number of benzene rings is 3. The Hall–Kier alpha value is -4.26. The number of rotatable bonds is 7. The molecule has 3 aliphatic carbocycles. The van der Waals surface area contributed by atoms with E-state index in [2.05, 4.69) is 23.6 Å². The standard InChI is InChI=1S/C33H28F2N2O3/c1-4-5-18-12-27-24(28(32(39)36-3)30(40-27)17-6-8-20(34)9-7-17)14-22(18)21-13-23(26(35)10-16(21)2)31(38)37-33-15-19-11-25(33)29(19)33/h6-10,12-15,25,29H,4-5,11H2,1-3H3,(H,36,39)(H,37,38). The molecular weight excluding hydrogens is 510 g/mol. The molecule has 3 unspecified atom stereocenters. The molecule has 0 bridgehead atoms. The van der Waals surface area contributed by atoms with E-state index in [4.69, 9.17) is 4.42 Å². The van der Waals surface area contributed by atoms with Gasteiger partial charge in [0.2, 0.25) is 0 Å². The number of aryl methyl sites for hydroxylation is 2. The maximum Gasteiger partial charge on any atom is 0.255 e. The first-order valence-electron chi connectivity index (χ1n) is 13.7. The molecule has 0 saturated heterocycles. The molecule has 0 spiro atoms. The van der Waals surface area contributed by atoms with E-state index in [-0.39, 0.29) is 22.8 Å². The van der Waals surface area contributed by atoms with Gasteiger partial charge in [0, 0.05) is 23.9 Å². The zero-order valence-corrected chi connectivity index (χ0v) is 22.5. The van der Waals surface area contributed by atoms with E-state index in [0.29, 0.717) is 51.7 Å². The number of fused-ring (bicyclic) bond motifs is 2. The molecule has 202 valence electrons. The van der Waals surface area contributed by atoms with Gasteiger partial charge in [0.1, 0.15) is 23.0 Å². The van der Waals surface area contributed by atoms with Crippen molar-refractivity contribution in [1.29, 1.82) is 0 Å². The highest BCUT2D eigenvalue weighted by atomic mass is 19.1. The van der Waals surface area contributed by atoms with Crippen molar-refractivity contribution in [3.05, 3.63) is 94.1 Å². The molecule has 7 heteroatoms. The van der Waals surface area contributed by atoms with Crippen LogP contribution in [-0.4, -0.2) is 24.4 Å². The number of amides is 2. The zero-order valence-electron chi connectivity index (χ0n) is 22.5. The lowest BCUT2D eigenvalue weighted by molar-refractivity contribution is 0.0929. The third-order valence-electron chi connectivity index (χ3n) is 8.87. The monoisotopic (exact) mass is 538 g/mol. The first kappa shape index (κ1) is 24.8. The van der Waals surface area contributed by atoms with Crippen molar-refractivity contribution in [2.75, 3.05) is 7.05 Å². The Labute approximate surface area is 230 Å². The van der Waals surface area contributed by atoms with Gasteiger partial charge in [0.25, 0.3) is 11.8 Å². The molecule has 3 atom stereocenters. The van der Waals surface area contributed by atoms with E-state index in [1.54, 1.807) is 25.2 Å². The lowest BCUT2D eigenvalue weighted by Crippen LogP contribution is -2.40. The van der Waals surface area contributed by atoms with E-state index in [1.165, 1.54) is 23.8 Å². The van der Waals surface area contributed by atoms with Crippen molar-refractivity contribution >= 4 is 22.8 Å². The van der Waals surface area contributed by atoms with Gasteiger partial charge in [-0.2, -0.15) is 0 Å². The fourth-order valence-corrected chi connectivity index (χ4v) is 6.78. The van der Waals surface area contributed by atoms with Gasteiger partial charge < -0.3 is 15.1 Å². The smallest absolute Gasteiger partial charge is 0.255 e. The van der Waals surface area contributed by atoms with Crippen molar-refractivity contribution in [2.45, 2.75) is 38.6 Å². The Kier molecular flexibility index (Phi) is 5.33. The average molecular weight is 539 g/mol. The maximum atomic E-state index is 15.2. The summed E-state index contributed by atoms with van der Waals surface area (Å²) in [6, 6.07) is 12.6. The molecular formula is C33H28F2N2O3. The Bertz CT molecular complexity index is 1790. The summed E-state index contributed by atoms with van der Waals surface area (Å²) in [4.78, 5) is 26.4. The van der Waals surface area contributed by atoms with Crippen molar-refractivity contribution < 1.29 is 22.8 Å². The van der Waals surface area contributed by atoms with Gasteiger partial charge in [-0.1, -0.05) is 25.0 Å². The number of carbonyl (C=O) groups is 2. The van der Waals surface area contributed by atoms with Gasteiger partial charge in [0.05, 0.1) is 16.7 Å². The van der Waals surface area contributed by atoms with E-state index in [0.717, 1.165) is 29.5 Å². The summed E-state index contributed by atoms with van der Waals surface area (Å²) >= 11 is 0. The summed E-state index contributed by atoms with van der Waals surface area (Å²) in [5, 5.41) is 6.36. The Balaban J connectivity index is 1.37. The first-order valence-corrected chi connectivity index (χ1v) is 13.7. The van der Waals surface area contributed by atoms with Crippen LogP contribution in [0.1, 0.15) is 51.6 Å². The molecule has 5 nitrogen and oxygen atoms in total. The fraction of sp³-hybridized carbons (Fsp3) is 0.273. The molecule has 3 aliphatic rings. The number of hydrogen-bond acceptors (Lipinski definition) is 3. The minimum atomic E-state index is -0.558. The predicted molar refractivity (Wildman–Crippen MR) is 149 cm³/mol. The SMILES string of the molecule is CCCc1cc2oc(-c3ccc(F)cc3)c(C(=O)NC)c2cc1-c1cc(C(=O)NC23C=C4CC2C43)c(F)cc1C. The average Bonchev–Trinajstić information content (AvgIpc) is 3.29. The summed E-state index contributed by atoms with van der Waals surface area (Å²) in [6.45, 7) is 3.88. The van der Waals surface area contributed by atoms with Gasteiger partial charge in [-0.3, -0.25) is 9.59 Å². The van der Waals surface area contributed by atoms with Gasteiger partial charge in [-0.25, -0.2) is 8.78 Å². The fourth-order valence-electron chi connectivity index (χ4n) is 6.78. The van der Waals surface area contributed by atoms with Gasteiger partial charge in [0.15, 0.2) is 0 Å². The number of furan rings is 1. The molecule has 2 saturated carbocycles. The highest BCUT2D eigenvalue weighted by Crippen LogP contribution is 2.76. The quantitative estimate of drug-likeness (QED) is 0.257. The van der Waals surface area contributed by atoms with Crippen LogP contribution in [0.2, 0.25) is 0 Å². The highest BCUT2D eigenvalue weighted by molar-refractivity contribution is 6.12. The second-order valence-electron chi connectivity index (χ2n) is 11.2. The Morgan fingerprint density at radius 3 is 2.45 bits per heavy atom. The summed E-state index contributed by atoms with van der Waals surface area (Å²) < 4.78 is 35.0. The lowest BCUT2D eigenvalue weighted by atomic mass is 9.88. The minimum Gasteiger partial charge on any atom is -0.455 e. The van der Waals surface area contributed by atoms with Crippen molar-refractivity contribution in [1.82, 2.24) is 10.6 Å². The minimum absolute atomic E-state index is 0.0105. The van der Waals surface area contributed by atoms with Gasteiger partial charge in [-0.05, 0) is 96.5 Å². The molecule has 2 N–H and O–H groups in total. The van der Waals surface area contributed by atoms with E-state index < -0.39 is 11.7 Å². The van der Waals surface area contributed by atoms with Gasteiger partial charge >= 0.3 is 0 Å². The largest absolute Gasteiger partial charge is 0.455 e. The molecule has 2 fully saturated rings. The molecule has 1 heterocycles. The lowest BCUT2D eigenvalue weighted by Gasteiger charge is -2.24. The van der Waals surface area contributed by atoms with E-state index in [1.807, 2.05) is 19.1 Å². The number of hydrogen-bond donors (Lipinski definition) is 2. The van der Waals surface area contributed by atoms with Crippen LogP contribution >= 0.6 is 0 Å².